The summed E-state index contributed by atoms with van der Waals surface area (Å²) in [5, 5.41) is 5.77. The molecule has 1 N–H and O–H groups in total. The van der Waals surface area contributed by atoms with Gasteiger partial charge in [-0.3, -0.25) is 14.4 Å². The normalized spacial score (nSPS) is 15.8. The van der Waals surface area contributed by atoms with Gasteiger partial charge in [0.25, 0.3) is 17.4 Å². The number of carbonyl (C=O) groups is 2. The summed E-state index contributed by atoms with van der Waals surface area (Å²) in [6.07, 6.45) is 1.23. The van der Waals surface area contributed by atoms with Crippen molar-refractivity contribution in [3.8, 4) is 0 Å². The summed E-state index contributed by atoms with van der Waals surface area (Å²) in [5.41, 5.74) is -0.0319. The Balaban J connectivity index is 2.42. The van der Waals surface area contributed by atoms with Crippen molar-refractivity contribution in [2.24, 2.45) is 0 Å². The first-order valence-electron chi connectivity index (χ1n) is 4.22. The third kappa shape index (κ3) is 1.45. The average Bonchev–Trinajstić information content (AvgIpc) is 2.44. The third-order valence-electron chi connectivity index (χ3n) is 1.99. The quantitative estimate of drug-likeness (QED) is 0.631. The van der Waals surface area contributed by atoms with Crippen LogP contribution in [0, 0.1) is 0 Å². The minimum absolute atomic E-state index is 0.123. The maximum Gasteiger partial charge on any atom is 0.264 e. The molecule has 0 saturated carbocycles. The number of amides is 2. The Morgan fingerprint density at radius 2 is 2.00 bits per heavy atom. The Morgan fingerprint density at radius 1 is 1.27 bits per heavy atom. The van der Waals surface area contributed by atoms with Crippen LogP contribution in [0.4, 0.5) is 5.82 Å². The molecule has 0 atom stereocenters. The van der Waals surface area contributed by atoms with Gasteiger partial charge in [0.05, 0.1) is 0 Å². The molecular weight excluding hydrogens is 198 g/mol. The van der Waals surface area contributed by atoms with E-state index < -0.39 is 11.8 Å². The maximum atomic E-state index is 11.5. The van der Waals surface area contributed by atoms with E-state index in [2.05, 4.69) is 10.2 Å². The van der Waals surface area contributed by atoms with Crippen LogP contribution >= 0.6 is 0 Å². The van der Waals surface area contributed by atoms with Crippen molar-refractivity contribution < 1.29 is 9.59 Å². The molecule has 2 rings (SSSR count). The lowest BCUT2D eigenvalue weighted by molar-refractivity contribution is -0.120. The minimum Gasteiger partial charge on any atom is -0.269 e. The largest absolute Gasteiger partial charge is 0.269 e. The molecule has 0 unspecified atom stereocenters. The summed E-state index contributed by atoms with van der Waals surface area (Å²) >= 11 is 0. The first-order valence-corrected chi connectivity index (χ1v) is 4.22. The molecule has 1 aliphatic rings. The van der Waals surface area contributed by atoms with Gasteiger partial charge in [0.2, 0.25) is 0 Å². The molecule has 1 aliphatic heterocycles. The van der Waals surface area contributed by atoms with E-state index in [9.17, 15) is 14.4 Å². The molecule has 0 spiro atoms. The predicted molar refractivity (Wildman–Crippen MR) is 51.1 cm³/mol. The Kier molecular flexibility index (Phi) is 1.96. The monoisotopic (exact) mass is 205 g/mol. The number of rotatable bonds is 1. The van der Waals surface area contributed by atoms with E-state index in [4.69, 9.17) is 0 Å². The lowest BCUT2D eigenvalue weighted by Crippen LogP contribution is -2.32. The number of carbonyl (C=O) groups excluding carboxylic acids is 2. The maximum absolute atomic E-state index is 11.5. The molecule has 0 fully saturated rings. The zero-order chi connectivity index (χ0) is 11.0. The van der Waals surface area contributed by atoms with Gasteiger partial charge in [-0.1, -0.05) is 0 Å². The van der Waals surface area contributed by atoms with Gasteiger partial charge in [-0.25, -0.2) is 10.00 Å². The Labute approximate surface area is 84.2 Å². The summed E-state index contributed by atoms with van der Waals surface area (Å²) in [6.45, 7) is 1.55. The van der Waals surface area contributed by atoms with E-state index in [0.717, 1.165) is 4.90 Å². The molecule has 2 amide bonds. The van der Waals surface area contributed by atoms with Crippen LogP contribution in [0.2, 0.25) is 0 Å². The molecule has 2 heterocycles. The van der Waals surface area contributed by atoms with Crippen molar-refractivity contribution in [2.45, 2.75) is 6.92 Å². The van der Waals surface area contributed by atoms with Crippen LogP contribution in [0.25, 0.3) is 0 Å². The molecule has 0 radical (unpaired) electrons. The van der Waals surface area contributed by atoms with Crippen LogP contribution in [-0.2, 0) is 9.59 Å². The fourth-order valence-electron chi connectivity index (χ4n) is 1.27. The number of imide groups is 1. The Hall–Kier alpha value is -2.24. The average molecular weight is 205 g/mol. The van der Waals surface area contributed by atoms with Gasteiger partial charge in [-0.15, -0.1) is 0 Å². The van der Waals surface area contributed by atoms with Crippen LogP contribution in [0.5, 0.6) is 0 Å². The Bertz CT molecular complexity index is 509. The van der Waals surface area contributed by atoms with Gasteiger partial charge in [0.1, 0.15) is 0 Å². The number of nitrogens with zero attached hydrogens (tertiary/aromatic N) is 2. The molecule has 15 heavy (non-hydrogen) atoms. The second-order valence-corrected chi connectivity index (χ2v) is 3.09. The topological polar surface area (TPSA) is 83.1 Å². The summed E-state index contributed by atoms with van der Waals surface area (Å²) in [5.74, 6) is -0.741. The summed E-state index contributed by atoms with van der Waals surface area (Å²) in [7, 11) is 0. The van der Waals surface area contributed by atoms with Gasteiger partial charge < -0.3 is 0 Å². The van der Waals surface area contributed by atoms with Crippen molar-refractivity contribution in [1.29, 1.82) is 0 Å². The number of aromatic amines is 1. The zero-order valence-electron chi connectivity index (χ0n) is 7.85. The molecule has 6 nitrogen and oxygen atoms in total. The number of H-pyrrole nitrogens is 1. The molecule has 1 aromatic rings. The van der Waals surface area contributed by atoms with Crippen LogP contribution in [-0.4, -0.2) is 22.0 Å². The van der Waals surface area contributed by atoms with Crippen molar-refractivity contribution in [3.05, 3.63) is 34.1 Å². The van der Waals surface area contributed by atoms with E-state index in [1.807, 2.05) is 0 Å². The van der Waals surface area contributed by atoms with Crippen molar-refractivity contribution in [2.75, 3.05) is 4.90 Å². The fraction of sp³-hybridized carbons (Fsp3) is 0.111. The highest BCUT2D eigenvalue weighted by atomic mass is 16.2. The molecule has 1 aromatic heterocycles. The van der Waals surface area contributed by atoms with Gasteiger partial charge in [0.15, 0.2) is 5.82 Å². The number of hydrogen-bond donors (Lipinski definition) is 1. The zero-order valence-corrected chi connectivity index (χ0v) is 7.85. The minimum atomic E-state index is -0.447. The van der Waals surface area contributed by atoms with Gasteiger partial charge in [-0.2, -0.15) is 5.10 Å². The molecule has 6 heteroatoms. The smallest absolute Gasteiger partial charge is 0.264 e. The molecule has 0 saturated heterocycles. The SMILES string of the molecule is CC1=CC(=O)N(c2ccc(=O)[nH]n2)C1=O. The molecule has 0 bridgehead atoms. The van der Waals surface area contributed by atoms with E-state index in [1.165, 1.54) is 18.2 Å². The third-order valence-corrected chi connectivity index (χ3v) is 1.99. The highest BCUT2D eigenvalue weighted by Gasteiger charge is 2.30. The second-order valence-electron chi connectivity index (χ2n) is 3.09. The van der Waals surface area contributed by atoms with Crippen molar-refractivity contribution in [3.63, 3.8) is 0 Å². The number of anilines is 1. The molecule has 0 aromatic carbocycles. The summed E-state index contributed by atoms with van der Waals surface area (Å²) < 4.78 is 0. The number of hydrogen-bond acceptors (Lipinski definition) is 4. The second kappa shape index (κ2) is 3.16. The van der Waals surface area contributed by atoms with Crippen LogP contribution in [0.1, 0.15) is 6.92 Å². The van der Waals surface area contributed by atoms with E-state index in [-0.39, 0.29) is 11.4 Å². The first kappa shape index (κ1) is 9.32. The molecule has 0 aliphatic carbocycles. The van der Waals surface area contributed by atoms with Gasteiger partial charge >= 0.3 is 0 Å². The standard InChI is InChI=1S/C9H7N3O3/c1-5-4-8(14)12(9(5)15)6-2-3-7(13)11-10-6/h2-4H,1H3,(H,11,13). The summed E-state index contributed by atoms with van der Waals surface area (Å²) in [6, 6.07) is 2.53. The number of nitrogens with one attached hydrogen (secondary N) is 1. The van der Waals surface area contributed by atoms with Crippen molar-refractivity contribution in [1.82, 2.24) is 10.2 Å². The van der Waals surface area contributed by atoms with Crippen molar-refractivity contribution >= 4 is 17.6 Å². The highest BCUT2D eigenvalue weighted by molar-refractivity contribution is 6.29. The van der Waals surface area contributed by atoms with Gasteiger partial charge in [-0.05, 0) is 13.0 Å². The van der Waals surface area contributed by atoms with Crippen LogP contribution in [0.3, 0.4) is 0 Å². The van der Waals surface area contributed by atoms with E-state index >= 15 is 0 Å². The predicted octanol–water partition coefficient (Wildman–Crippen LogP) is -0.411. The highest BCUT2D eigenvalue weighted by Crippen LogP contribution is 2.18. The van der Waals surface area contributed by atoms with Crippen LogP contribution in [0.15, 0.2) is 28.6 Å². The lowest BCUT2D eigenvalue weighted by Gasteiger charge is -2.11. The Morgan fingerprint density at radius 3 is 2.47 bits per heavy atom. The number of aromatic nitrogens is 2. The summed E-state index contributed by atoms with van der Waals surface area (Å²) in [4.78, 5) is 34.5. The lowest BCUT2D eigenvalue weighted by atomic mass is 10.3. The fourth-order valence-corrected chi connectivity index (χ4v) is 1.27. The van der Waals surface area contributed by atoms with E-state index in [0.29, 0.717) is 5.57 Å². The molecule has 76 valence electrons. The molecular formula is C9H7N3O3. The first-order chi connectivity index (χ1) is 7.09. The van der Waals surface area contributed by atoms with Crippen LogP contribution < -0.4 is 10.5 Å². The van der Waals surface area contributed by atoms with Gasteiger partial charge in [0, 0.05) is 17.7 Å². The van der Waals surface area contributed by atoms with E-state index in [1.54, 1.807) is 6.92 Å².